The van der Waals surface area contributed by atoms with Crippen molar-refractivity contribution >= 4 is 50.9 Å². The molecule has 11 heteroatoms. The largest absolute Gasteiger partial charge is 0.481 e. The fourth-order valence-electron chi connectivity index (χ4n) is 2.18. The molecule has 9 nitrogen and oxygen atoms in total. The first kappa shape index (κ1) is 22.4. The molecule has 0 saturated heterocycles. The molecular weight excluding hydrogens is 418 g/mol. The van der Waals surface area contributed by atoms with Crippen LogP contribution in [0.2, 0.25) is 0 Å². The second kappa shape index (κ2) is 10.0. The lowest BCUT2D eigenvalue weighted by Crippen LogP contribution is -2.15. The van der Waals surface area contributed by atoms with Gasteiger partial charge in [0.1, 0.15) is 0 Å². The number of hydrogen-bond acceptors (Lipinski definition) is 6. The van der Waals surface area contributed by atoms with Crippen LogP contribution in [0.5, 0.6) is 0 Å². The Balaban J connectivity index is 1.87. The maximum Gasteiger partial charge on any atom is 0.303 e. The molecule has 0 spiro atoms. The van der Waals surface area contributed by atoms with Gasteiger partial charge in [0.25, 0.3) is 0 Å². The molecule has 0 aromatic heterocycles. The van der Waals surface area contributed by atoms with E-state index in [9.17, 15) is 22.8 Å². The summed E-state index contributed by atoms with van der Waals surface area (Å²) >= 11 is 1.24. The van der Waals surface area contributed by atoms with Gasteiger partial charge < -0.3 is 15.7 Å². The van der Waals surface area contributed by atoms with Crippen molar-refractivity contribution in [3.63, 3.8) is 0 Å². The molecule has 0 aliphatic carbocycles. The Bertz CT molecular complexity index is 1010. The Labute approximate surface area is 171 Å². The zero-order valence-electron chi connectivity index (χ0n) is 15.1. The van der Waals surface area contributed by atoms with E-state index in [-0.39, 0.29) is 29.4 Å². The van der Waals surface area contributed by atoms with Gasteiger partial charge >= 0.3 is 5.97 Å². The summed E-state index contributed by atoms with van der Waals surface area (Å²) in [6, 6.07) is 12.3. The predicted molar refractivity (Wildman–Crippen MR) is 109 cm³/mol. The summed E-state index contributed by atoms with van der Waals surface area (Å²) in [4.78, 5) is 35.0. The number of hydrogen-bond donors (Lipinski definition) is 4. The number of anilines is 2. The van der Waals surface area contributed by atoms with E-state index in [0.717, 1.165) is 4.90 Å². The second-order valence-electron chi connectivity index (χ2n) is 5.88. The number of thioether (sulfide) groups is 1. The third-order valence-electron chi connectivity index (χ3n) is 3.52. The van der Waals surface area contributed by atoms with Crippen molar-refractivity contribution in [3.8, 4) is 0 Å². The number of carbonyl (C=O) groups is 3. The van der Waals surface area contributed by atoms with Gasteiger partial charge in [0, 0.05) is 22.7 Å². The monoisotopic (exact) mass is 437 g/mol. The quantitative estimate of drug-likeness (QED) is 0.436. The number of rotatable bonds is 9. The molecule has 29 heavy (non-hydrogen) atoms. The lowest BCUT2D eigenvalue weighted by Gasteiger charge is -2.08. The molecule has 0 aliphatic rings. The van der Waals surface area contributed by atoms with Crippen molar-refractivity contribution in [1.82, 2.24) is 0 Å². The average molecular weight is 437 g/mol. The van der Waals surface area contributed by atoms with Crippen molar-refractivity contribution in [1.29, 1.82) is 0 Å². The molecule has 2 aromatic carbocycles. The van der Waals surface area contributed by atoms with Crippen molar-refractivity contribution in [2.24, 2.45) is 5.14 Å². The van der Waals surface area contributed by atoms with Crippen LogP contribution in [0.4, 0.5) is 11.4 Å². The predicted octanol–water partition coefficient (Wildman–Crippen LogP) is 1.87. The van der Waals surface area contributed by atoms with Gasteiger partial charge in [0.05, 0.1) is 17.1 Å². The third-order valence-corrected chi connectivity index (χ3v) is 5.44. The van der Waals surface area contributed by atoms with Crippen LogP contribution in [-0.2, 0) is 24.4 Å². The number of aliphatic carboxylic acids is 1. The van der Waals surface area contributed by atoms with Crippen LogP contribution < -0.4 is 15.8 Å². The van der Waals surface area contributed by atoms with E-state index >= 15 is 0 Å². The number of benzene rings is 2. The molecule has 154 valence electrons. The Morgan fingerprint density at radius 2 is 1.59 bits per heavy atom. The number of carboxylic acid groups (broad SMARTS) is 1. The van der Waals surface area contributed by atoms with Crippen molar-refractivity contribution in [3.05, 3.63) is 48.5 Å². The molecule has 0 atom stereocenters. The standard InChI is InChI=1S/C18H19N3O6S2/c19-29(26,27)15-6-4-12(5-7-15)20-17(23)11-28-14-3-1-2-13(10-14)21-16(22)8-9-18(24)25/h1-7,10H,8-9,11H2,(H,20,23)(H,21,22)(H,24,25)(H2,19,26,27). The number of carbonyl (C=O) groups excluding carboxylic acids is 2. The van der Waals surface area contributed by atoms with Crippen molar-refractivity contribution < 1.29 is 27.9 Å². The van der Waals surface area contributed by atoms with E-state index in [1.807, 2.05) is 0 Å². The lowest BCUT2D eigenvalue weighted by molar-refractivity contribution is -0.138. The summed E-state index contributed by atoms with van der Waals surface area (Å²) in [5.74, 6) is -1.66. The number of nitrogens with one attached hydrogen (secondary N) is 2. The fourth-order valence-corrected chi connectivity index (χ4v) is 3.45. The average Bonchev–Trinajstić information content (AvgIpc) is 2.65. The van der Waals surface area contributed by atoms with Crippen molar-refractivity contribution in [2.45, 2.75) is 22.6 Å². The second-order valence-corrected chi connectivity index (χ2v) is 8.49. The highest BCUT2D eigenvalue weighted by atomic mass is 32.2. The number of primary sulfonamides is 1. The Morgan fingerprint density at radius 3 is 2.21 bits per heavy atom. The van der Waals surface area contributed by atoms with E-state index in [1.54, 1.807) is 24.3 Å². The number of amides is 2. The molecule has 0 saturated carbocycles. The van der Waals surface area contributed by atoms with Gasteiger partial charge in [-0.05, 0) is 42.5 Å². The number of nitrogens with two attached hydrogens (primary N) is 1. The van der Waals surface area contributed by atoms with E-state index in [1.165, 1.54) is 36.0 Å². The van der Waals surface area contributed by atoms with E-state index < -0.39 is 21.9 Å². The molecule has 2 rings (SSSR count). The molecule has 0 unspecified atom stereocenters. The van der Waals surface area contributed by atoms with E-state index in [0.29, 0.717) is 11.4 Å². The van der Waals surface area contributed by atoms with Crippen LogP contribution >= 0.6 is 11.8 Å². The maximum absolute atomic E-state index is 12.1. The molecule has 0 aliphatic heterocycles. The summed E-state index contributed by atoms with van der Waals surface area (Å²) in [6.07, 6.45) is -0.377. The van der Waals surface area contributed by atoms with Crippen LogP contribution in [0.25, 0.3) is 0 Å². The van der Waals surface area contributed by atoms with E-state index in [2.05, 4.69) is 10.6 Å². The molecule has 2 aromatic rings. The van der Waals surface area contributed by atoms with Crippen LogP contribution in [0.15, 0.2) is 58.3 Å². The summed E-state index contributed by atoms with van der Waals surface area (Å²) in [5, 5.41) is 18.9. The maximum atomic E-state index is 12.1. The number of sulfonamides is 1. The van der Waals surface area contributed by atoms with Gasteiger partial charge in [-0.3, -0.25) is 14.4 Å². The van der Waals surface area contributed by atoms with Crippen LogP contribution in [-0.4, -0.2) is 37.1 Å². The topological polar surface area (TPSA) is 156 Å². The normalized spacial score (nSPS) is 10.9. The smallest absolute Gasteiger partial charge is 0.303 e. The molecule has 0 heterocycles. The molecule has 0 fully saturated rings. The van der Waals surface area contributed by atoms with Crippen molar-refractivity contribution in [2.75, 3.05) is 16.4 Å². The van der Waals surface area contributed by atoms with Crippen LogP contribution in [0.3, 0.4) is 0 Å². The van der Waals surface area contributed by atoms with Gasteiger partial charge in [-0.25, -0.2) is 13.6 Å². The Hall–Kier alpha value is -2.89. The van der Waals surface area contributed by atoms with Gasteiger partial charge in [-0.15, -0.1) is 11.8 Å². The minimum atomic E-state index is -3.79. The van der Waals surface area contributed by atoms with E-state index in [4.69, 9.17) is 10.2 Å². The molecule has 2 amide bonds. The fraction of sp³-hybridized carbons (Fsp3) is 0.167. The zero-order valence-corrected chi connectivity index (χ0v) is 16.8. The summed E-state index contributed by atoms with van der Waals surface area (Å²) < 4.78 is 22.4. The zero-order chi connectivity index (χ0) is 21.4. The highest BCUT2D eigenvalue weighted by molar-refractivity contribution is 8.00. The first-order valence-electron chi connectivity index (χ1n) is 8.31. The third kappa shape index (κ3) is 7.94. The SMILES string of the molecule is NS(=O)(=O)c1ccc(NC(=O)CSc2cccc(NC(=O)CCC(=O)O)c2)cc1. The minimum Gasteiger partial charge on any atom is -0.481 e. The van der Waals surface area contributed by atoms with Gasteiger partial charge in [-0.2, -0.15) is 0 Å². The minimum absolute atomic E-state index is 0.0490. The van der Waals surface area contributed by atoms with Crippen LogP contribution in [0, 0.1) is 0 Å². The van der Waals surface area contributed by atoms with Crippen LogP contribution in [0.1, 0.15) is 12.8 Å². The Kier molecular flexibility index (Phi) is 7.76. The first-order chi connectivity index (χ1) is 13.6. The first-order valence-corrected chi connectivity index (χ1v) is 10.8. The molecule has 0 bridgehead atoms. The summed E-state index contributed by atoms with van der Waals surface area (Å²) in [7, 11) is -3.79. The summed E-state index contributed by atoms with van der Waals surface area (Å²) in [6.45, 7) is 0. The lowest BCUT2D eigenvalue weighted by atomic mass is 10.2. The highest BCUT2D eigenvalue weighted by Crippen LogP contribution is 2.22. The highest BCUT2D eigenvalue weighted by Gasteiger charge is 2.09. The summed E-state index contributed by atoms with van der Waals surface area (Å²) in [5.41, 5.74) is 0.937. The molecular formula is C18H19N3O6S2. The number of carboxylic acids is 1. The Morgan fingerprint density at radius 1 is 0.931 bits per heavy atom. The van der Waals surface area contributed by atoms with Gasteiger partial charge in [0.15, 0.2) is 0 Å². The van der Waals surface area contributed by atoms with Gasteiger partial charge in [0.2, 0.25) is 21.8 Å². The molecule has 0 radical (unpaired) electrons. The molecule has 5 N–H and O–H groups in total. The van der Waals surface area contributed by atoms with Gasteiger partial charge in [-0.1, -0.05) is 6.07 Å².